The van der Waals surface area contributed by atoms with Gasteiger partial charge in [0.1, 0.15) is 18.4 Å². The van der Waals surface area contributed by atoms with E-state index in [-0.39, 0.29) is 23.7 Å². The third-order valence-electron chi connectivity index (χ3n) is 2.69. The second-order valence-electron chi connectivity index (χ2n) is 3.96. The van der Waals surface area contributed by atoms with E-state index in [0.717, 1.165) is 5.56 Å². The van der Waals surface area contributed by atoms with Crippen LogP contribution in [-0.4, -0.2) is 22.7 Å². The summed E-state index contributed by atoms with van der Waals surface area (Å²) < 4.78 is 27.3. The Hall–Kier alpha value is -0.430. The third-order valence-corrected chi connectivity index (χ3v) is 3.91. The van der Waals surface area contributed by atoms with Gasteiger partial charge in [-0.25, -0.2) is 8.78 Å². The molecule has 0 heterocycles. The lowest BCUT2D eigenvalue weighted by atomic mass is 9.94. The topological polar surface area (TPSA) is 66.5 Å². The molecule has 0 radical (unpaired) electrons. The number of nitrogens with two attached hydrogens (primary N) is 1. The Kier molecular flexibility index (Phi) is 6.00. The minimum absolute atomic E-state index is 0. The second-order valence-corrected chi connectivity index (χ2v) is 4.76. The van der Waals surface area contributed by atoms with Gasteiger partial charge < -0.3 is 15.9 Å². The molecule has 0 unspecified atom stereocenters. The SMILES string of the molecule is Cc1cc(O)c([C@@H](N)C(F)(F)CO)c(C)c1Br.Cl. The predicted molar refractivity (Wildman–Crippen MR) is 71.5 cm³/mol. The van der Waals surface area contributed by atoms with Crippen molar-refractivity contribution in [1.29, 1.82) is 0 Å². The number of benzene rings is 1. The van der Waals surface area contributed by atoms with Gasteiger partial charge in [-0.3, -0.25) is 0 Å². The summed E-state index contributed by atoms with van der Waals surface area (Å²) in [6.07, 6.45) is 0. The van der Waals surface area contributed by atoms with Crippen molar-refractivity contribution in [2.45, 2.75) is 25.8 Å². The van der Waals surface area contributed by atoms with Crippen molar-refractivity contribution in [2.24, 2.45) is 5.73 Å². The van der Waals surface area contributed by atoms with Crippen LogP contribution in [0.4, 0.5) is 8.78 Å². The minimum atomic E-state index is -3.48. The van der Waals surface area contributed by atoms with Crippen LogP contribution >= 0.6 is 28.3 Å². The van der Waals surface area contributed by atoms with Crippen LogP contribution < -0.4 is 5.73 Å². The van der Waals surface area contributed by atoms with E-state index in [9.17, 15) is 13.9 Å². The number of aliphatic hydroxyl groups is 1. The third kappa shape index (κ3) is 3.12. The number of alkyl halides is 2. The highest BCUT2D eigenvalue weighted by atomic mass is 79.9. The van der Waals surface area contributed by atoms with Crippen molar-refractivity contribution < 1.29 is 19.0 Å². The van der Waals surface area contributed by atoms with E-state index in [0.29, 0.717) is 10.0 Å². The number of hydrogen-bond acceptors (Lipinski definition) is 3. The molecule has 3 nitrogen and oxygen atoms in total. The van der Waals surface area contributed by atoms with E-state index >= 15 is 0 Å². The highest BCUT2D eigenvalue weighted by molar-refractivity contribution is 9.10. The van der Waals surface area contributed by atoms with Crippen LogP contribution in [0.2, 0.25) is 0 Å². The lowest BCUT2D eigenvalue weighted by Gasteiger charge is -2.25. The fourth-order valence-electron chi connectivity index (χ4n) is 1.65. The van der Waals surface area contributed by atoms with E-state index < -0.39 is 18.6 Å². The standard InChI is InChI=1S/C11H14BrF2NO2.ClH/c1-5-3-7(17)8(6(2)9(5)12)10(15)11(13,14)4-16;/h3,10,16-17H,4,15H2,1-2H3;1H/t10-;/m1./s1. The molecular weight excluding hydrogens is 331 g/mol. The number of aliphatic hydroxyl groups excluding tert-OH is 1. The quantitative estimate of drug-likeness (QED) is 0.788. The maximum absolute atomic E-state index is 13.3. The molecule has 0 spiro atoms. The van der Waals surface area contributed by atoms with Gasteiger partial charge in [-0.1, -0.05) is 15.9 Å². The maximum atomic E-state index is 13.3. The van der Waals surface area contributed by atoms with Gasteiger partial charge >= 0.3 is 0 Å². The summed E-state index contributed by atoms with van der Waals surface area (Å²) in [5.41, 5.74) is 6.53. The molecule has 1 atom stereocenters. The predicted octanol–water partition coefficient (Wildman–Crippen LogP) is 2.82. The molecule has 0 saturated heterocycles. The number of rotatable bonds is 3. The van der Waals surface area contributed by atoms with Gasteiger partial charge in [-0.05, 0) is 31.0 Å². The molecule has 4 N–H and O–H groups in total. The summed E-state index contributed by atoms with van der Waals surface area (Å²) in [6, 6.07) is -0.385. The summed E-state index contributed by atoms with van der Waals surface area (Å²) in [7, 11) is 0. The first-order chi connectivity index (χ1) is 7.72. The van der Waals surface area contributed by atoms with Crippen LogP contribution in [0.5, 0.6) is 5.75 Å². The van der Waals surface area contributed by atoms with E-state index in [1.54, 1.807) is 13.8 Å². The highest BCUT2D eigenvalue weighted by Crippen LogP contribution is 2.39. The van der Waals surface area contributed by atoms with E-state index in [1.807, 2.05) is 0 Å². The lowest BCUT2D eigenvalue weighted by molar-refractivity contribution is -0.0717. The first-order valence-electron chi connectivity index (χ1n) is 4.95. The summed E-state index contributed by atoms with van der Waals surface area (Å²) in [5, 5.41) is 18.3. The van der Waals surface area contributed by atoms with Crippen LogP contribution in [0.1, 0.15) is 22.7 Å². The number of hydrogen-bond donors (Lipinski definition) is 3. The molecule has 104 valence electrons. The van der Waals surface area contributed by atoms with Gasteiger partial charge in [-0.15, -0.1) is 12.4 Å². The maximum Gasteiger partial charge on any atom is 0.289 e. The Morgan fingerprint density at radius 1 is 1.44 bits per heavy atom. The second kappa shape index (κ2) is 6.14. The smallest absolute Gasteiger partial charge is 0.289 e. The van der Waals surface area contributed by atoms with Crippen molar-refractivity contribution >= 4 is 28.3 Å². The van der Waals surface area contributed by atoms with Crippen LogP contribution in [0, 0.1) is 13.8 Å². The minimum Gasteiger partial charge on any atom is -0.508 e. The monoisotopic (exact) mass is 345 g/mol. The molecule has 0 fully saturated rings. The highest BCUT2D eigenvalue weighted by Gasteiger charge is 2.39. The van der Waals surface area contributed by atoms with Gasteiger partial charge in [0, 0.05) is 10.0 Å². The molecule has 0 aromatic heterocycles. The molecule has 0 bridgehead atoms. The summed E-state index contributed by atoms with van der Waals surface area (Å²) in [4.78, 5) is 0. The van der Waals surface area contributed by atoms with Gasteiger partial charge in [0.25, 0.3) is 5.92 Å². The number of aryl methyl sites for hydroxylation is 1. The number of aromatic hydroxyl groups is 1. The van der Waals surface area contributed by atoms with Crippen LogP contribution in [-0.2, 0) is 0 Å². The average Bonchev–Trinajstić information content (AvgIpc) is 2.26. The van der Waals surface area contributed by atoms with E-state index in [2.05, 4.69) is 15.9 Å². The molecule has 1 rings (SSSR count). The molecule has 1 aromatic carbocycles. The fraction of sp³-hybridized carbons (Fsp3) is 0.455. The van der Waals surface area contributed by atoms with Crippen molar-refractivity contribution in [3.05, 3.63) is 27.2 Å². The zero-order valence-corrected chi connectivity index (χ0v) is 12.3. The summed E-state index contributed by atoms with van der Waals surface area (Å²) in [5.74, 6) is -3.76. The molecule has 18 heavy (non-hydrogen) atoms. The van der Waals surface area contributed by atoms with Crippen LogP contribution in [0.25, 0.3) is 0 Å². The van der Waals surface area contributed by atoms with Gasteiger partial charge in [-0.2, -0.15) is 0 Å². The molecule has 0 aliphatic heterocycles. The van der Waals surface area contributed by atoms with E-state index in [4.69, 9.17) is 10.8 Å². The van der Waals surface area contributed by atoms with Crippen LogP contribution in [0.3, 0.4) is 0 Å². The number of phenolic OH excluding ortho intramolecular Hbond substituents is 1. The number of phenols is 1. The largest absolute Gasteiger partial charge is 0.508 e. The van der Waals surface area contributed by atoms with Crippen LogP contribution in [0.15, 0.2) is 10.5 Å². The molecule has 0 aliphatic rings. The Morgan fingerprint density at radius 2 is 1.94 bits per heavy atom. The van der Waals surface area contributed by atoms with Gasteiger partial charge in [0.2, 0.25) is 0 Å². The van der Waals surface area contributed by atoms with Crippen molar-refractivity contribution in [3.63, 3.8) is 0 Å². The molecule has 0 amide bonds. The Bertz CT molecular complexity index is 444. The number of halogens is 4. The first kappa shape index (κ1) is 17.6. The zero-order chi connectivity index (χ0) is 13.4. The Labute approximate surface area is 119 Å². The molecule has 0 saturated carbocycles. The van der Waals surface area contributed by atoms with Crippen molar-refractivity contribution in [1.82, 2.24) is 0 Å². The zero-order valence-electron chi connectivity index (χ0n) is 9.88. The molecule has 1 aromatic rings. The summed E-state index contributed by atoms with van der Waals surface area (Å²) >= 11 is 3.25. The van der Waals surface area contributed by atoms with Crippen molar-refractivity contribution in [2.75, 3.05) is 6.61 Å². The molecule has 0 aliphatic carbocycles. The van der Waals surface area contributed by atoms with Crippen molar-refractivity contribution in [3.8, 4) is 5.75 Å². The normalized spacial score (nSPS) is 13.1. The average molecular weight is 347 g/mol. The Balaban J connectivity index is 0.00000289. The van der Waals surface area contributed by atoms with E-state index in [1.165, 1.54) is 6.07 Å². The lowest BCUT2D eigenvalue weighted by Crippen LogP contribution is -2.36. The first-order valence-corrected chi connectivity index (χ1v) is 5.74. The summed E-state index contributed by atoms with van der Waals surface area (Å²) in [6.45, 7) is 1.95. The van der Waals surface area contributed by atoms with Gasteiger partial charge in [0.05, 0.1) is 0 Å². The Morgan fingerprint density at radius 3 is 2.39 bits per heavy atom. The van der Waals surface area contributed by atoms with Gasteiger partial charge in [0.15, 0.2) is 0 Å². The molecular formula is C11H15BrClF2NO2. The fourth-order valence-corrected chi connectivity index (χ4v) is 1.98. The molecule has 7 heteroatoms.